The number of thioether (sulfide) groups is 1. The largest absolute Gasteiger partial charge is 0.463 e. The molecular formula is C30H39N3O18S. The van der Waals surface area contributed by atoms with E-state index in [4.69, 9.17) is 47.4 Å². The molecule has 0 spiro atoms. The van der Waals surface area contributed by atoms with Gasteiger partial charge in [-0.3, -0.25) is 38.1 Å². The summed E-state index contributed by atoms with van der Waals surface area (Å²) in [6, 6.07) is 0. The molecule has 1 aromatic rings. The molecule has 0 amide bonds. The molecule has 2 aliphatic rings. The van der Waals surface area contributed by atoms with Crippen molar-refractivity contribution in [3.8, 4) is 0 Å². The lowest BCUT2D eigenvalue weighted by molar-refractivity contribution is -0.349. The number of hydrogen-bond donors (Lipinski definition) is 0. The predicted molar refractivity (Wildman–Crippen MR) is 167 cm³/mol. The zero-order valence-corrected chi connectivity index (χ0v) is 30.2. The SMILES string of the molecule is CSc1ncn([C@@H]2O[C@H](COC(C)=O)[C@@H](O[C@@H]3O[C@H](COC(C)=O)[C@@H](OC(C)=O)[C@H](OC(C)=O)[C@H]3OC(C)=O)[C@H](OC(C)=O)[C@H]2OC(C)=O)c(=O)n1. The van der Waals surface area contributed by atoms with E-state index in [-0.39, 0.29) is 5.16 Å². The van der Waals surface area contributed by atoms with Crippen molar-refractivity contribution in [1.82, 2.24) is 14.5 Å². The third-order valence-corrected chi connectivity index (χ3v) is 7.63. The Bertz CT molecular complexity index is 1570. The van der Waals surface area contributed by atoms with Gasteiger partial charge >= 0.3 is 47.5 Å². The second-order valence-corrected chi connectivity index (χ2v) is 12.0. The highest BCUT2D eigenvalue weighted by Crippen LogP contribution is 2.37. The van der Waals surface area contributed by atoms with Gasteiger partial charge in [0.15, 0.2) is 48.2 Å². The van der Waals surface area contributed by atoms with E-state index in [9.17, 15) is 38.4 Å². The van der Waals surface area contributed by atoms with Crippen molar-refractivity contribution in [2.24, 2.45) is 0 Å². The smallest absolute Gasteiger partial charge is 0.353 e. The first-order valence-corrected chi connectivity index (χ1v) is 16.7. The lowest BCUT2D eigenvalue weighted by atomic mass is 9.95. The van der Waals surface area contributed by atoms with Crippen LogP contribution in [0.4, 0.5) is 0 Å². The van der Waals surface area contributed by atoms with Crippen molar-refractivity contribution in [2.75, 3.05) is 19.5 Å². The van der Waals surface area contributed by atoms with Gasteiger partial charge in [0.2, 0.25) is 0 Å². The lowest BCUT2D eigenvalue weighted by Gasteiger charge is -2.48. The molecule has 3 heterocycles. The number of aromatic nitrogens is 3. The molecule has 0 saturated carbocycles. The highest BCUT2D eigenvalue weighted by atomic mass is 32.2. The summed E-state index contributed by atoms with van der Waals surface area (Å²) in [4.78, 5) is 107. The van der Waals surface area contributed by atoms with E-state index in [0.29, 0.717) is 0 Å². The van der Waals surface area contributed by atoms with E-state index in [1.807, 2.05) is 0 Å². The van der Waals surface area contributed by atoms with Crippen molar-refractivity contribution >= 4 is 53.5 Å². The van der Waals surface area contributed by atoms with Crippen LogP contribution in [0.25, 0.3) is 0 Å². The molecule has 0 aliphatic carbocycles. The van der Waals surface area contributed by atoms with Crippen LogP contribution in [0.3, 0.4) is 0 Å². The van der Waals surface area contributed by atoms with Crippen molar-refractivity contribution in [1.29, 1.82) is 0 Å². The Hall–Kier alpha value is -4.67. The van der Waals surface area contributed by atoms with Crippen LogP contribution >= 0.6 is 11.8 Å². The van der Waals surface area contributed by atoms with E-state index in [0.717, 1.165) is 71.1 Å². The molecule has 10 atom stereocenters. The minimum absolute atomic E-state index is 0.0963. The Labute approximate surface area is 300 Å². The maximum Gasteiger partial charge on any atom is 0.353 e. The van der Waals surface area contributed by atoms with Crippen molar-refractivity contribution < 1.29 is 80.9 Å². The van der Waals surface area contributed by atoms with Crippen LogP contribution in [0.2, 0.25) is 0 Å². The van der Waals surface area contributed by atoms with Gasteiger partial charge < -0.3 is 47.4 Å². The van der Waals surface area contributed by atoms with Crippen LogP contribution in [0, 0.1) is 0 Å². The number of ether oxygens (including phenoxy) is 10. The maximum atomic E-state index is 13.1. The van der Waals surface area contributed by atoms with Crippen molar-refractivity contribution in [2.45, 2.75) is 115 Å². The molecule has 0 bridgehead atoms. The quantitative estimate of drug-likeness (QED) is 0.135. The molecule has 0 unspecified atom stereocenters. The third kappa shape index (κ3) is 11.4. The molecule has 22 heteroatoms. The summed E-state index contributed by atoms with van der Waals surface area (Å²) in [6.45, 7) is 6.04. The van der Waals surface area contributed by atoms with Crippen LogP contribution in [0.5, 0.6) is 0 Å². The second kappa shape index (κ2) is 18.7. The van der Waals surface area contributed by atoms with E-state index < -0.39 is 122 Å². The monoisotopic (exact) mass is 761 g/mol. The van der Waals surface area contributed by atoms with Crippen molar-refractivity contribution in [3.05, 3.63) is 16.8 Å². The molecule has 1 aromatic heterocycles. The van der Waals surface area contributed by atoms with E-state index >= 15 is 0 Å². The molecule has 0 radical (unpaired) electrons. The Morgan fingerprint density at radius 3 is 1.54 bits per heavy atom. The molecule has 21 nitrogen and oxygen atoms in total. The number of carbonyl (C=O) groups is 7. The first kappa shape index (κ1) is 41.7. The predicted octanol–water partition coefficient (Wildman–Crippen LogP) is -0.848. The van der Waals surface area contributed by atoms with Crippen LogP contribution in [0.15, 0.2) is 16.3 Å². The van der Waals surface area contributed by atoms with Gasteiger partial charge in [-0.05, 0) is 6.26 Å². The average molecular weight is 762 g/mol. The molecule has 2 aliphatic heterocycles. The second-order valence-electron chi connectivity index (χ2n) is 11.2. The fourth-order valence-electron chi connectivity index (χ4n) is 5.32. The van der Waals surface area contributed by atoms with Gasteiger partial charge in [0.05, 0.1) is 0 Å². The number of nitrogens with zero attached hydrogens (tertiary/aromatic N) is 3. The minimum atomic E-state index is -1.85. The molecule has 2 saturated heterocycles. The molecule has 0 aromatic carbocycles. The fourth-order valence-corrected chi connectivity index (χ4v) is 5.64. The summed E-state index contributed by atoms with van der Waals surface area (Å²) in [5, 5.41) is 0.0963. The van der Waals surface area contributed by atoms with Gasteiger partial charge in [0, 0.05) is 48.5 Å². The molecule has 0 N–H and O–H groups in total. The number of esters is 7. The number of carbonyl (C=O) groups excluding carboxylic acids is 7. The lowest BCUT2D eigenvalue weighted by Crippen LogP contribution is -2.66. The van der Waals surface area contributed by atoms with Gasteiger partial charge in [0.1, 0.15) is 37.9 Å². The van der Waals surface area contributed by atoms with Crippen molar-refractivity contribution in [3.63, 3.8) is 0 Å². The van der Waals surface area contributed by atoms with Crippen LogP contribution in [-0.2, 0) is 80.9 Å². The third-order valence-electron chi connectivity index (χ3n) is 7.07. The number of hydrogen-bond acceptors (Lipinski definition) is 21. The summed E-state index contributed by atoms with van der Waals surface area (Å²) >= 11 is 1.06. The molecule has 288 valence electrons. The Morgan fingerprint density at radius 1 is 0.635 bits per heavy atom. The summed E-state index contributed by atoms with van der Waals surface area (Å²) in [6.07, 6.45) is -13.7. The Kier molecular flexibility index (Phi) is 15.0. The summed E-state index contributed by atoms with van der Waals surface area (Å²) < 4.78 is 57.1. The Balaban J connectivity index is 2.23. The topological polar surface area (TPSA) is 260 Å². The van der Waals surface area contributed by atoms with Gasteiger partial charge in [-0.15, -0.1) is 0 Å². The first-order chi connectivity index (χ1) is 24.4. The van der Waals surface area contributed by atoms with Gasteiger partial charge in [-0.2, -0.15) is 4.98 Å². The van der Waals surface area contributed by atoms with E-state index in [1.54, 1.807) is 6.26 Å². The van der Waals surface area contributed by atoms with Crippen LogP contribution in [0.1, 0.15) is 54.7 Å². The fraction of sp³-hybridized carbons (Fsp3) is 0.667. The average Bonchev–Trinajstić information content (AvgIpc) is 3.02. The van der Waals surface area contributed by atoms with Gasteiger partial charge in [0.25, 0.3) is 0 Å². The first-order valence-electron chi connectivity index (χ1n) is 15.5. The summed E-state index contributed by atoms with van der Waals surface area (Å²) in [5.74, 6) is -6.17. The Morgan fingerprint density at radius 2 is 1.08 bits per heavy atom. The molecule has 2 fully saturated rings. The molecule has 52 heavy (non-hydrogen) atoms. The molecule has 3 rings (SSSR count). The van der Waals surface area contributed by atoms with Crippen LogP contribution < -0.4 is 5.69 Å². The zero-order valence-electron chi connectivity index (χ0n) is 29.4. The molecular weight excluding hydrogens is 722 g/mol. The van der Waals surface area contributed by atoms with Gasteiger partial charge in [-0.1, -0.05) is 11.8 Å². The van der Waals surface area contributed by atoms with Gasteiger partial charge in [-0.25, -0.2) is 9.78 Å². The highest BCUT2D eigenvalue weighted by Gasteiger charge is 2.57. The highest BCUT2D eigenvalue weighted by molar-refractivity contribution is 7.98. The standard InChI is InChI=1S/C30H39N3O18S/c1-12(34)42-9-19-22(23(45-15(4)37)25(47-17(6)39)27(49-19)33-11-31-29(52-8)32-30(33)41)51-28-26(48-18(7)40)24(46-16(5)38)21(44-14(3)36)20(50-28)10-43-13(2)35/h11,19-28H,9-10H2,1-8H3/t19-,20-,21-,22-,23+,24+,25-,26-,27-,28+/m1/s1. The van der Waals surface area contributed by atoms with E-state index in [2.05, 4.69) is 9.97 Å². The zero-order chi connectivity index (χ0) is 38.9. The maximum absolute atomic E-state index is 13.1. The number of rotatable bonds is 13. The van der Waals surface area contributed by atoms with E-state index in [1.165, 1.54) is 0 Å². The summed E-state index contributed by atoms with van der Waals surface area (Å²) in [5.41, 5.74) is -0.909. The minimum Gasteiger partial charge on any atom is -0.463 e. The summed E-state index contributed by atoms with van der Waals surface area (Å²) in [7, 11) is 0. The van der Waals surface area contributed by atoms with Crippen LogP contribution in [-0.4, -0.2) is 131 Å². The normalized spacial score (nSPS) is 28.4.